The Kier molecular flexibility index (Phi) is 5.01. The van der Waals surface area contributed by atoms with Crippen LogP contribution >= 0.6 is 12.2 Å². The normalized spacial score (nSPS) is 11.0. The molecule has 0 unspecified atom stereocenters. The van der Waals surface area contributed by atoms with E-state index in [0.29, 0.717) is 11.3 Å². The highest BCUT2D eigenvalue weighted by Crippen LogP contribution is 2.25. The summed E-state index contributed by atoms with van der Waals surface area (Å²) in [6.45, 7) is 6.86. The van der Waals surface area contributed by atoms with E-state index in [9.17, 15) is 4.79 Å². The summed E-state index contributed by atoms with van der Waals surface area (Å²) in [6.07, 6.45) is 0.992. The number of H-pyrrole nitrogens is 1. The van der Waals surface area contributed by atoms with Crippen molar-refractivity contribution < 1.29 is 9.53 Å². The molecule has 1 aromatic carbocycles. The molecular weight excluding hydrogens is 286 g/mol. The van der Waals surface area contributed by atoms with Gasteiger partial charge in [-0.15, -0.1) is 0 Å². The Morgan fingerprint density at radius 2 is 2.24 bits per heavy atom. The Labute approximate surface area is 129 Å². The van der Waals surface area contributed by atoms with Gasteiger partial charge in [-0.25, -0.2) is 0 Å². The molecule has 0 aliphatic carbocycles. The second-order valence-corrected chi connectivity index (χ2v) is 5.57. The number of nitrogens with one attached hydrogen (secondary N) is 2. The number of hydrogen-bond acceptors (Lipinski definition) is 3. The topological polar surface area (TPSA) is 59.0 Å². The summed E-state index contributed by atoms with van der Waals surface area (Å²) in [4.78, 5) is 15.0. The minimum absolute atomic E-state index is 0.0379. The van der Waals surface area contributed by atoms with Gasteiger partial charge in [0.15, 0.2) is 4.77 Å². The molecule has 0 radical (unpaired) electrons. The molecule has 0 aliphatic rings. The number of carbonyl (C=O) groups is 1. The molecule has 2 N–H and O–H groups in total. The summed E-state index contributed by atoms with van der Waals surface area (Å²) in [7, 11) is 0. The van der Waals surface area contributed by atoms with Crippen LogP contribution in [-0.2, 0) is 11.3 Å². The molecule has 21 heavy (non-hydrogen) atoms. The molecule has 1 amide bonds. The fraction of sp³-hybridized carbons (Fsp3) is 0.467. The molecule has 0 bridgehead atoms. The third-order valence-corrected chi connectivity index (χ3v) is 3.33. The molecule has 5 nitrogen and oxygen atoms in total. The van der Waals surface area contributed by atoms with Crippen molar-refractivity contribution in [2.75, 3.05) is 6.54 Å². The largest absolute Gasteiger partial charge is 0.489 e. The number of carbonyl (C=O) groups excluding carboxylic acids is 1. The van der Waals surface area contributed by atoms with Crippen molar-refractivity contribution in [3.05, 3.63) is 23.0 Å². The first-order chi connectivity index (χ1) is 10.0. The number of aromatic amines is 1. The van der Waals surface area contributed by atoms with Crippen molar-refractivity contribution in [2.45, 2.75) is 39.8 Å². The molecule has 0 saturated heterocycles. The van der Waals surface area contributed by atoms with Gasteiger partial charge >= 0.3 is 0 Å². The summed E-state index contributed by atoms with van der Waals surface area (Å²) in [5, 5.41) is 2.86. The average Bonchev–Trinajstić information content (AvgIpc) is 2.74. The minimum Gasteiger partial charge on any atom is -0.489 e. The molecule has 0 fully saturated rings. The van der Waals surface area contributed by atoms with Crippen molar-refractivity contribution in [3.63, 3.8) is 0 Å². The van der Waals surface area contributed by atoms with Gasteiger partial charge in [-0.2, -0.15) is 0 Å². The summed E-state index contributed by atoms with van der Waals surface area (Å²) >= 11 is 5.33. The monoisotopic (exact) mass is 307 g/mol. The fourth-order valence-corrected chi connectivity index (χ4v) is 2.39. The van der Waals surface area contributed by atoms with Crippen LogP contribution in [0.4, 0.5) is 0 Å². The standard InChI is InChI=1S/C15H21N3O2S/c1-4-8-16-13(19)9-18-11-6-5-7-12(20-10(2)3)14(11)17-15(18)21/h5-7,10H,4,8-9H2,1-3H3,(H,16,19)(H,17,21). The zero-order valence-corrected chi connectivity index (χ0v) is 13.4. The molecule has 1 aromatic heterocycles. The van der Waals surface area contributed by atoms with Gasteiger partial charge in [0.1, 0.15) is 17.8 Å². The van der Waals surface area contributed by atoms with E-state index in [-0.39, 0.29) is 18.6 Å². The van der Waals surface area contributed by atoms with Crippen LogP contribution < -0.4 is 10.1 Å². The van der Waals surface area contributed by atoms with Crippen LogP contribution in [0.15, 0.2) is 18.2 Å². The van der Waals surface area contributed by atoms with Gasteiger partial charge in [0, 0.05) is 6.54 Å². The van der Waals surface area contributed by atoms with Crippen LogP contribution in [0.3, 0.4) is 0 Å². The maximum Gasteiger partial charge on any atom is 0.240 e. The van der Waals surface area contributed by atoms with E-state index < -0.39 is 0 Å². The van der Waals surface area contributed by atoms with E-state index >= 15 is 0 Å². The van der Waals surface area contributed by atoms with E-state index in [1.54, 1.807) is 4.57 Å². The average molecular weight is 307 g/mol. The van der Waals surface area contributed by atoms with Crippen molar-refractivity contribution in [1.29, 1.82) is 0 Å². The Hall–Kier alpha value is -1.82. The molecule has 114 valence electrons. The zero-order valence-electron chi connectivity index (χ0n) is 12.6. The van der Waals surface area contributed by atoms with Crippen molar-refractivity contribution >= 4 is 29.2 Å². The summed E-state index contributed by atoms with van der Waals surface area (Å²) in [6, 6.07) is 5.74. The number of para-hydroxylation sites is 1. The fourth-order valence-electron chi connectivity index (χ4n) is 2.13. The van der Waals surface area contributed by atoms with Gasteiger partial charge < -0.3 is 19.6 Å². The van der Waals surface area contributed by atoms with Gasteiger partial charge in [0.25, 0.3) is 0 Å². The lowest BCUT2D eigenvalue weighted by Gasteiger charge is -2.10. The van der Waals surface area contributed by atoms with Crippen LogP contribution in [0.1, 0.15) is 27.2 Å². The molecule has 0 spiro atoms. The highest BCUT2D eigenvalue weighted by Gasteiger charge is 2.12. The summed E-state index contributed by atoms with van der Waals surface area (Å²) < 4.78 is 8.09. The number of amides is 1. The third kappa shape index (κ3) is 3.64. The number of imidazole rings is 1. The van der Waals surface area contributed by atoms with E-state index in [1.165, 1.54) is 0 Å². The first-order valence-corrected chi connectivity index (χ1v) is 7.58. The lowest BCUT2D eigenvalue weighted by molar-refractivity contribution is -0.121. The lowest BCUT2D eigenvalue weighted by Crippen LogP contribution is -2.28. The Morgan fingerprint density at radius 3 is 2.90 bits per heavy atom. The zero-order chi connectivity index (χ0) is 15.4. The SMILES string of the molecule is CCCNC(=O)Cn1c(=S)[nH]c2c(OC(C)C)cccc21. The number of aromatic nitrogens is 2. The van der Waals surface area contributed by atoms with Gasteiger partial charge in [0.2, 0.25) is 5.91 Å². The maximum absolute atomic E-state index is 11.9. The minimum atomic E-state index is -0.0379. The molecule has 2 aromatic rings. The molecule has 1 heterocycles. The molecule has 0 atom stereocenters. The highest BCUT2D eigenvalue weighted by atomic mass is 32.1. The van der Waals surface area contributed by atoms with E-state index in [2.05, 4.69) is 10.3 Å². The third-order valence-electron chi connectivity index (χ3n) is 3.01. The first kappa shape index (κ1) is 15.6. The molecular formula is C15H21N3O2S. The predicted octanol–water partition coefficient (Wildman–Crippen LogP) is 3.01. The molecule has 0 saturated carbocycles. The Morgan fingerprint density at radius 1 is 1.48 bits per heavy atom. The molecule has 2 rings (SSSR count). The van der Waals surface area contributed by atoms with Crippen molar-refractivity contribution in [1.82, 2.24) is 14.9 Å². The van der Waals surface area contributed by atoms with Crippen LogP contribution in [0.2, 0.25) is 0 Å². The Bertz CT molecular complexity index is 688. The lowest BCUT2D eigenvalue weighted by atomic mass is 10.3. The first-order valence-electron chi connectivity index (χ1n) is 7.17. The van der Waals surface area contributed by atoms with Crippen LogP contribution in [-0.4, -0.2) is 28.1 Å². The quantitative estimate of drug-likeness (QED) is 0.807. The van der Waals surface area contributed by atoms with Crippen LogP contribution in [0.25, 0.3) is 11.0 Å². The van der Waals surface area contributed by atoms with Crippen molar-refractivity contribution in [3.8, 4) is 5.75 Å². The maximum atomic E-state index is 11.9. The van der Waals surface area contributed by atoms with Crippen LogP contribution in [0, 0.1) is 4.77 Å². The van der Waals surface area contributed by atoms with Gasteiger partial charge in [-0.1, -0.05) is 13.0 Å². The molecule has 6 heteroatoms. The van der Waals surface area contributed by atoms with Gasteiger partial charge in [-0.05, 0) is 44.6 Å². The number of rotatable bonds is 6. The number of fused-ring (bicyclic) bond motifs is 1. The van der Waals surface area contributed by atoms with Gasteiger partial charge in [0.05, 0.1) is 11.6 Å². The second-order valence-electron chi connectivity index (χ2n) is 5.18. The number of ether oxygens (including phenoxy) is 1. The highest BCUT2D eigenvalue weighted by molar-refractivity contribution is 7.71. The van der Waals surface area contributed by atoms with E-state index in [4.69, 9.17) is 17.0 Å². The second kappa shape index (κ2) is 6.76. The summed E-state index contributed by atoms with van der Waals surface area (Å²) in [5.41, 5.74) is 1.71. The van der Waals surface area contributed by atoms with Crippen molar-refractivity contribution in [2.24, 2.45) is 0 Å². The van der Waals surface area contributed by atoms with Gasteiger partial charge in [-0.3, -0.25) is 4.79 Å². The van der Waals surface area contributed by atoms with Crippen LogP contribution in [0.5, 0.6) is 5.75 Å². The molecule has 0 aliphatic heterocycles. The predicted molar refractivity (Wildman–Crippen MR) is 86.2 cm³/mol. The number of nitrogens with zero attached hydrogens (tertiary/aromatic N) is 1. The smallest absolute Gasteiger partial charge is 0.240 e. The number of benzene rings is 1. The number of hydrogen-bond donors (Lipinski definition) is 2. The van der Waals surface area contributed by atoms with E-state index in [1.807, 2.05) is 39.0 Å². The summed E-state index contributed by atoms with van der Waals surface area (Å²) in [5.74, 6) is 0.713. The Balaban J connectivity index is 2.35. The van der Waals surface area contributed by atoms with E-state index in [0.717, 1.165) is 23.2 Å².